The number of rotatable bonds is 2. The van der Waals surface area contributed by atoms with E-state index in [-0.39, 0.29) is 6.42 Å². The van der Waals surface area contributed by atoms with Crippen molar-refractivity contribution < 1.29 is 28.7 Å². The summed E-state index contributed by atoms with van der Waals surface area (Å²) in [6, 6.07) is 0. The van der Waals surface area contributed by atoms with Crippen molar-refractivity contribution in [3.8, 4) is 0 Å². The van der Waals surface area contributed by atoms with Gasteiger partial charge in [0.15, 0.2) is 4.90 Å². The van der Waals surface area contributed by atoms with Crippen molar-refractivity contribution in [3.63, 3.8) is 0 Å². The molecule has 0 aromatic carbocycles. The van der Waals surface area contributed by atoms with E-state index in [9.17, 15) is 9.13 Å². The molecule has 12 heavy (non-hydrogen) atoms. The Labute approximate surface area is 68.2 Å². The van der Waals surface area contributed by atoms with E-state index in [1.54, 1.807) is 0 Å². The maximum atomic E-state index is 10.7. The smallest absolute Gasteiger partial charge is 0.323 e. The lowest BCUT2D eigenvalue weighted by molar-refractivity contribution is 0.316. The van der Waals surface area contributed by atoms with Gasteiger partial charge >= 0.3 is 15.2 Å². The largest absolute Gasteiger partial charge is 0.347 e. The van der Waals surface area contributed by atoms with Gasteiger partial charge in [-0.05, 0) is 6.42 Å². The van der Waals surface area contributed by atoms with Crippen LogP contribution in [0.25, 0.3) is 0 Å². The molecule has 0 bridgehead atoms. The van der Waals surface area contributed by atoms with E-state index in [0.717, 1.165) is 6.08 Å². The van der Waals surface area contributed by atoms with Crippen molar-refractivity contribution in [1.82, 2.24) is 0 Å². The number of allylic oxidation sites excluding steroid dienone is 2. The van der Waals surface area contributed by atoms with Crippen LogP contribution in [0.1, 0.15) is 6.42 Å². The predicted molar refractivity (Wildman–Crippen MR) is 40.6 cm³/mol. The third kappa shape index (κ3) is 1.21. The van der Waals surface area contributed by atoms with Gasteiger partial charge in [-0.25, -0.2) is 0 Å². The third-order valence-electron chi connectivity index (χ3n) is 1.81. The number of hydrogen-bond acceptors (Lipinski definition) is 2. The van der Waals surface area contributed by atoms with Gasteiger partial charge in [-0.2, -0.15) is 0 Å². The molecule has 0 atom stereocenters. The SMILES string of the molecule is O=P(O)(O)C1(P(=O)(O)O)C=CC1. The molecule has 0 spiro atoms. The Morgan fingerprint density at radius 2 is 1.42 bits per heavy atom. The van der Waals surface area contributed by atoms with Crippen molar-refractivity contribution in [3.05, 3.63) is 12.2 Å². The maximum absolute atomic E-state index is 10.7. The fraction of sp³-hybridized carbons (Fsp3) is 0.500. The minimum Gasteiger partial charge on any atom is -0.323 e. The van der Waals surface area contributed by atoms with Crippen LogP contribution in [-0.2, 0) is 9.13 Å². The van der Waals surface area contributed by atoms with Gasteiger partial charge in [0, 0.05) is 0 Å². The Balaban J connectivity index is 3.20. The summed E-state index contributed by atoms with van der Waals surface area (Å²) < 4.78 is 21.5. The van der Waals surface area contributed by atoms with Crippen molar-refractivity contribution >= 4 is 15.2 Å². The lowest BCUT2D eigenvalue weighted by Gasteiger charge is -2.35. The Morgan fingerprint density at radius 3 is 1.42 bits per heavy atom. The molecular formula is C4H8O6P2. The van der Waals surface area contributed by atoms with Gasteiger partial charge in [0.2, 0.25) is 0 Å². The average Bonchev–Trinajstić information content (AvgIpc) is 1.47. The molecule has 0 aromatic rings. The summed E-state index contributed by atoms with van der Waals surface area (Å²) in [5.41, 5.74) is 0. The molecule has 6 nitrogen and oxygen atoms in total. The molecule has 0 unspecified atom stereocenters. The first-order valence-corrected chi connectivity index (χ1v) is 6.22. The summed E-state index contributed by atoms with van der Waals surface area (Å²) in [4.78, 5) is 32.5. The maximum Gasteiger partial charge on any atom is 0.347 e. The summed E-state index contributed by atoms with van der Waals surface area (Å²) in [5, 5.41) is 0. The second kappa shape index (κ2) is 2.51. The summed E-state index contributed by atoms with van der Waals surface area (Å²) in [6.45, 7) is 0. The van der Waals surface area contributed by atoms with Gasteiger partial charge in [0.25, 0.3) is 0 Å². The molecule has 0 aromatic heterocycles. The van der Waals surface area contributed by atoms with Gasteiger partial charge in [-0.15, -0.1) is 0 Å². The highest BCUT2D eigenvalue weighted by Crippen LogP contribution is 2.74. The normalized spacial score (nSPS) is 22.0. The summed E-state index contributed by atoms with van der Waals surface area (Å²) >= 11 is 0. The van der Waals surface area contributed by atoms with Crippen LogP contribution in [0.15, 0.2) is 12.2 Å². The van der Waals surface area contributed by atoms with Crippen LogP contribution in [0.2, 0.25) is 0 Å². The third-order valence-corrected chi connectivity index (χ3v) is 6.06. The fourth-order valence-corrected chi connectivity index (χ4v) is 3.57. The van der Waals surface area contributed by atoms with E-state index in [2.05, 4.69) is 0 Å². The molecule has 8 heteroatoms. The standard InChI is InChI=1S/C4H8O6P2/c5-11(6,7)4(2-1-3-4)12(8,9)10/h1-2H,3H2,(H2,5,6,7)(H2,8,9,10). The molecule has 0 saturated carbocycles. The Morgan fingerprint density at radius 1 is 1.08 bits per heavy atom. The van der Waals surface area contributed by atoms with Gasteiger partial charge in [-0.1, -0.05) is 12.2 Å². The van der Waals surface area contributed by atoms with Gasteiger partial charge in [-0.3, -0.25) is 9.13 Å². The van der Waals surface area contributed by atoms with E-state index in [1.165, 1.54) is 6.08 Å². The molecule has 1 rings (SSSR count). The van der Waals surface area contributed by atoms with Crippen molar-refractivity contribution in [2.75, 3.05) is 0 Å². The van der Waals surface area contributed by atoms with Crippen molar-refractivity contribution in [1.29, 1.82) is 0 Å². The van der Waals surface area contributed by atoms with Gasteiger partial charge in [0.1, 0.15) is 0 Å². The van der Waals surface area contributed by atoms with Gasteiger partial charge in [0.05, 0.1) is 0 Å². The molecule has 0 saturated heterocycles. The molecule has 70 valence electrons. The lowest BCUT2D eigenvalue weighted by atomic mass is 10.1. The summed E-state index contributed by atoms with van der Waals surface area (Å²) in [7, 11) is -9.54. The van der Waals surface area contributed by atoms with E-state index in [1.807, 2.05) is 0 Å². The molecule has 0 fully saturated rings. The van der Waals surface area contributed by atoms with Crippen molar-refractivity contribution in [2.45, 2.75) is 11.3 Å². The Kier molecular flexibility index (Phi) is 2.12. The molecule has 1 aliphatic rings. The molecule has 0 aliphatic heterocycles. The molecule has 1 aliphatic carbocycles. The highest BCUT2D eigenvalue weighted by molar-refractivity contribution is 7.73. The van der Waals surface area contributed by atoms with Crippen LogP contribution in [-0.4, -0.2) is 24.5 Å². The zero-order valence-electron chi connectivity index (χ0n) is 5.86. The van der Waals surface area contributed by atoms with Crippen LogP contribution in [0.5, 0.6) is 0 Å². The summed E-state index contributed by atoms with van der Waals surface area (Å²) in [6.07, 6.45) is 1.92. The minimum absolute atomic E-state index is 0.276. The van der Waals surface area contributed by atoms with E-state index in [4.69, 9.17) is 19.6 Å². The Hall–Kier alpha value is 0.0400. The molecule has 0 radical (unpaired) electrons. The van der Waals surface area contributed by atoms with Gasteiger partial charge < -0.3 is 19.6 Å². The number of hydrogen-bond donors (Lipinski definition) is 4. The average molecular weight is 214 g/mol. The second-order valence-corrected chi connectivity index (χ2v) is 6.70. The van der Waals surface area contributed by atoms with Crippen LogP contribution in [0.4, 0.5) is 0 Å². The lowest BCUT2D eigenvalue weighted by Crippen LogP contribution is -2.31. The Bertz CT molecular complexity index is 286. The monoisotopic (exact) mass is 214 g/mol. The topological polar surface area (TPSA) is 115 Å². The summed E-state index contributed by atoms with van der Waals surface area (Å²) in [5.74, 6) is 0. The van der Waals surface area contributed by atoms with Crippen LogP contribution in [0, 0.1) is 0 Å². The quantitative estimate of drug-likeness (QED) is 0.379. The van der Waals surface area contributed by atoms with Crippen molar-refractivity contribution in [2.24, 2.45) is 0 Å². The highest BCUT2D eigenvalue weighted by atomic mass is 31.2. The predicted octanol–water partition coefficient (Wildman–Crippen LogP) is -0.00200. The molecule has 0 heterocycles. The van der Waals surface area contributed by atoms with E-state index in [0.29, 0.717) is 0 Å². The first kappa shape index (κ1) is 10.1. The van der Waals surface area contributed by atoms with E-state index < -0.39 is 20.1 Å². The first-order valence-electron chi connectivity index (χ1n) is 3.00. The van der Waals surface area contributed by atoms with Crippen LogP contribution >= 0.6 is 15.2 Å². The second-order valence-electron chi connectivity index (χ2n) is 2.57. The zero-order valence-corrected chi connectivity index (χ0v) is 7.65. The van der Waals surface area contributed by atoms with Crippen LogP contribution < -0.4 is 0 Å². The minimum atomic E-state index is -4.77. The van der Waals surface area contributed by atoms with Crippen LogP contribution in [0.3, 0.4) is 0 Å². The molecule has 4 N–H and O–H groups in total. The first-order chi connectivity index (χ1) is 5.21. The van der Waals surface area contributed by atoms with E-state index >= 15 is 0 Å². The molecule has 0 amide bonds. The zero-order chi connectivity index (χ0) is 9.62. The highest BCUT2D eigenvalue weighted by Gasteiger charge is 2.60. The molecular weight excluding hydrogens is 206 g/mol. The fourth-order valence-electron chi connectivity index (χ4n) is 0.930.